The summed E-state index contributed by atoms with van der Waals surface area (Å²) in [5.41, 5.74) is 1.46. The van der Waals surface area contributed by atoms with Gasteiger partial charge in [-0.2, -0.15) is 0 Å². The molecule has 1 amide bonds. The zero-order valence-corrected chi connectivity index (χ0v) is 14.3. The number of aromatic nitrogens is 1. The maximum Gasteiger partial charge on any atom is 0.288 e. The maximum absolute atomic E-state index is 12.1. The molecule has 1 N–H and O–H groups in total. The fraction of sp³-hybridized carbons (Fsp3) is 0.333. The van der Waals surface area contributed by atoms with Gasteiger partial charge in [0.05, 0.1) is 11.1 Å². The second kappa shape index (κ2) is 8.23. The van der Waals surface area contributed by atoms with Crippen molar-refractivity contribution in [3.8, 4) is 0 Å². The summed E-state index contributed by atoms with van der Waals surface area (Å²) in [6, 6.07) is 8.68. The average Bonchev–Trinajstić information content (AvgIpc) is 2.56. The molecule has 0 saturated heterocycles. The predicted octanol–water partition coefficient (Wildman–Crippen LogP) is 3.05. The Hall–Kier alpha value is -2.96. The number of nitrogens with zero attached hydrogens (tertiary/aromatic N) is 2. The molecule has 0 aliphatic carbocycles. The molecule has 7 heteroatoms. The van der Waals surface area contributed by atoms with E-state index in [0.717, 1.165) is 36.1 Å². The highest BCUT2D eigenvalue weighted by atomic mass is 16.6. The summed E-state index contributed by atoms with van der Waals surface area (Å²) in [6.45, 7) is 3.34. The number of anilines is 1. The maximum atomic E-state index is 12.1. The largest absolute Gasteiger partial charge is 0.325 e. The van der Waals surface area contributed by atoms with Crippen molar-refractivity contribution in [1.82, 2.24) is 4.57 Å². The van der Waals surface area contributed by atoms with Crippen LogP contribution in [0.15, 0.2) is 41.3 Å². The van der Waals surface area contributed by atoms with Crippen LogP contribution in [0.4, 0.5) is 11.4 Å². The van der Waals surface area contributed by atoms with Gasteiger partial charge in [-0.15, -0.1) is 0 Å². The van der Waals surface area contributed by atoms with Gasteiger partial charge in [0, 0.05) is 17.3 Å². The number of rotatable bonds is 7. The van der Waals surface area contributed by atoms with Crippen molar-refractivity contribution in [3.05, 3.63) is 68.1 Å². The first-order valence-corrected chi connectivity index (χ1v) is 8.15. The molecule has 0 atom stereocenters. The second-order valence-corrected chi connectivity index (χ2v) is 5.91. The molecule has 0 fully saturated rings. The van der Waals surface area contributed by atoms with Crippen molar-refractivity contribution < 1.29 is 9.72 Å². The van der Waals surface area contributed by atoms with Crippen molar-refractivity contribution in [1.29, 1.82) is 0 Å². The number of aryl methyl sites for hydroxylation is 2. The van der Waals surface area contributed by atoms with Crippen molar-refractivity contribution in [2.45, 2.75) is 39.7 Å². The zero-order chi connectivity index (χ0) is 18.4. The molecule has 132 valence electrons. The van der Waals surface area contributed by atoms with Crippen molar-refractivity contribution in [2.75, 3.05) is 5.32 Å². The highest BCUT2D eigenvalue weighted by Crippen LogP contribution is 2.15. The van der Waals surface area contributed by atoms with Gasteiger partial charge in [0.15, 0.2) is 0 Å². The Labute approximate surface area is 145 Å². The molecule has 7 nitrogen and oxygen atoms in total. The van der Waals surface area contributed by atoms with E-state index in [-0.39, 0.29) is 17.8 Å². The molecule has 1 aromatic carbocycles. The summed E-state index contributed by atoms with van der Waals surface area (Å²) in [5.74, 6) is -0.415. The molecule has 1 heterocycles. The third kappa shape index (κ3) is 5.00. The lowest BCUT2D eigenvalue weighted by Crippen LogP contribution is -2.27. The van der Waals surface area contributed by atoms with Crippen molar-refractivity contribution >= 4 is 17.3 Å². The van der Waals surface area contributed by atoms with Crippen molar-refractivity contribution in [3.63, 3.8) is 0 Å². The molecule has 0 saturated carbocycles. The molecular weight excluding hydrogens is 322 g/mol. The molecule has 0 radical (unpaired) electrons. The van der Waals surface area contributed by atoms with E-state index < -0.39 is 16.4 Å². The summed E-state index contributed by atoms with van der Waals surface area (Å²) in [6.07, 6.45) is 4.33. The van der Waals surface area contributed by atoms with E-state index in [1.54, 1.807) is 0 Å². The molecule has 1 aromatic heterocycles. The van der Waals surface area contributed by atoms with Gasteiger partial charge in [0.1, 0.15) is 6.54 Å². The van der Waals surface area contributed by atoms with Crippen LogP contribution in [0.25, 0.3) is 0 Å². The summed E-state index contributed by atoms with van der Waals surface area (Å²) < 4.78 is 1.04. The Bertz CT molecular complexity index is 825. The molecule has 0 unspecified atom stereocenters. The fourth-order valence-electron chi connectivity index (χ4n) is 2.46. The van der Waals surface area contributed by atoms with Gasteiger partial charge in [0.25, 0.3) is 11.2 Å². The Kier molecular flexibility index (Phi) is 6.05. The number of benzene rings is 1. The van der Waals surface area contributed by atoms with Crippen LogP contribution in [0, 0.1) is 17.0 Å². The zero-order valence-electron chi connectivity index (χ0n) is 14.3. The third-order valence-electron chi connectivity index (χ3n) is 3.87. The van der Waals surface area contributed by atoms with Gasteiger partial charge in [-0.05, 0) is 37.5 Å². The van der Waals surface area contributed by atoms with Crippen LogP contribution in [-0.2, 0) is 17.8 Å². The molecule has 0 spiro atoms. The normalized spacial score (nSPS) is 10.5. The quantitative estimate of drug-likeness (QED) is 0.617. The van der Waals surface area contributed by atoms with Crippen LogP contribution >= 0.6 is 0 Å². The van der Waals surface area contributed by atoms with E-state index in [0.29, 0.717) is 5.69 Å². The van der Waals surface area contributed by atoms with E-state index in [9.17, 15) is 19.7 Å². The number of nitrogens with one attached hydrogen (secondary N) is 1. The minimum absolute atomic E-state index is 0.187. The van der Waals surface area contributed by atoms with Crippen LogP contribution in [-0.4, -0.2) is 15.4 Å². The SMILES string of the molecule is CCCCc1ccc(NC(=O)Cn2cc([N+](=O)[O-])c(C)cc2=O)cc1. The van der Waals surface area contributed by atoms with Crippen LogP contribution in [0.1, 0.15) is 30.9 Å². The molecule has 2 rings (SSSR count). The fourth-order valence-corrected chi connectivity index (χ4v) is 2.46. The topological polar surface area (TPSA) is 94.2 Å². The van der Waals surface area contributed by atoms with Gasteiger partial charge in [-0.3, -0.25) is 24.3 Å². The smallest absolute Gasteiger partial charge is 0.288 e. The van der Waals surface area contributed by atoms with Gasteiger partial charge < -0.3 is 5.32 Å². The first-order valence-electron chi connectivity index (χ1n) is 8.15. The van der Waals surface area contributed by atoms with Gasteiger partial charge in [0.2, 0.25) is 5.91 Å². The van der Waals surface area contributed by atoms with E-state index >= 15 is 0 Å². The molecule has 25 heavy (non-hydrogen) atoms. The molecule has 0 bridgehead atoms. The van der Waals surface area contributed by atoms with Crippen LogP contribution in [0.2, 0.25) is 0 Å². The van der Waals surface area contributed by atoms with Crippen LogP contribution < -0.4 is 10.9 Å². The lowest BCUT2D eigenvalue weighted by molar-refractivity contribution is -0.385. The minimum atomic E-state index is -0.571. The van der Waals surface area contributed by atoms with Crippen molar-refractivity contribution in [2.24, 2.45) is 0 Å². The third-order valence-corrected chi connectivity index (χ3v) is 3.87. The first-order chi connectivity index (χ1) is 11.9. The Morgan fingerprint density at radius 3 is 2.56 bits per heavy atom. The van der Waals surface area contributed by atoms with E-state index in [4.69, 9.17) is 0 Å². The van der Waals surface area contributed by atoms with Gasteiger partial charge in [-0.25, -0.2) is 0 Å². The Morgan fingerprint density at radius 1 is 1.28 bits per heavy atom. The lowest BCUT2D eigenvalue weighted by atomic mass is 10.1. The van der Waals surface area contributed by atoms with E-state index in [1.807, 2.05) is 24.3 Å². The molecule has 0 aliphatic rings. The lowest BCUT2D eigenvalue weighted by Gasteiger charge is -2.09. The summed E-state index contributed by atoms with van der Waals surface area (Å²) >= 11 is 0. The highest BCUT2D eigenvalue weighted by molar-refractivity contribution is 5.90. The predicted molar refractivity (Wildman–Crippen MR) is 95.8 cm³/mol. The van der Waals surface area contributed by atoms with Crippen LogP contribution in [0.5, 0.6) is 0 Å². The van der Waals surface area contributed by atoms with Gasteiger partial charge in [-0.1, -0.05) is 25.5 Å². The van der Waals surface area contributed by atoms with E-state index in [1.165, 1.54) is 12.5 Å². The average molecular weight is 343 g/mol. The number of hydrogen-bond donors (Lipinski definition) is 1. The number of hydrogen-bond acceptors (Lipinski definition) is 4. The number of unbranched alkanes of at least 4 members (excludes halogenated alkanes) is 1. The first kappa shape index (κ1) is 18.4. The monoisotopic (exact) mass is 343 g/mol. The molecular formula is C18H21N3O4. The van der Waals surface area contributed by atoms with Gasteiger partial charge >= 0.3 is 0 Å². The number of pyridine rings is 1. The molecule has 0 aliphatic heterocycles. The number of amides is 1. The summed E-state index contributed by atoms with van der Waals surface area (Å²) in [5, 5.41) is 13.7. The standard InChI is InChI=1S/C18H21N3O4/c1-3-4-5-14-6-8-15(9-7-14)19-17(22)12-20-11-16(21(24)25)13(2)10-18(20)23/h6-11H,3-5,12H2,1-2H3,(H,19,22). The Morgan fingerprint density at radius 2 is 1.96 bits per heavy atom. The Balaban J connectivity index is 2.06. The highest BCUT2D eigenvalue weighted by Gasteiger charge is 2.15. The molecule has 2 aromatic rings. The number of carbonyl (C=O) groups is 1. The minimum Gasteiger partial charge on any atom is -0.325 e. The summed E-state index contributed by atoms with van der Waals surface area (Å²) in [7, 11) is 0. The van der Waals surface area contributed by atoms with E-state index in [2.05, 4.69) is 12.2 Å². The second-order valence-electron chi connectivity index (χ2n) is 5.91. The van der Waals surface area contributed by atoms with Crippen LogP contribution in [0.3, 0.4) is 0 Å². The number of carbonyl (C=O) groups excluding carboxylic acids is 1. The number of nitro groups is 1. The summed E-state index contributed by atoms with van der Waals surface area (Å²) in [4.78, 5) is 34.4.